The maximum Gasteiger partial charge on any atom is 0.405 e. The van der Waals surface area contributed by atoms with E-state index in [4.69, 9.17) is 5.11 Å². The summed E-state index contributed by atoms with van der Waals surface area (Å²) >= 11 is 0. The maximum absolute atomic E-state index is 13.3. The minimum atomic E-state index is -4.51. The monoisotopic (exact) mass is 265 g/mol. The van der Waals surface area contributed by atoms with Gasteiger partial charge in [-0.2, -0.15) is 13.2 Å². The molecule has 0 spiro atoms. The van der Waals surface area contributed by atoms with Crippen LogP contribution in [-0.4, -0.2) is 37.3 Å². The van der Waals surface area contributed by atoms with Crippen molar-refractivity contribution in [2.45, 2.75) is 6.18 Å². The first kappa shape index (κ1) is 14.4. The second kappa shape index (κ2) is 5.81. The van der Waals surface area contributed by atoms with E-state index in [0.717, 1.165) is 6.07 Å². The van der Waals surface area contributed by atoms with Crippen molar-refractivity contribution in [2.24, 2.45) is 0 Å². The van der Waals surface area contributed by atoms with Crippen molar-refractivity contribution in [3.8, 4) is 0 Å². The highest BCUT2D eigenvalue weighted by molar-refractivity contribution is 5.85. The Labute approximate surface area is 101 Å². The van der Waals surface area contributed by atoms with E-state index in [1.54, 1.807) is 0 Å². The Bertz CT molecular complexity index is 420. The number of carbonyl (C=O) groups excluding carboxylic acids is 1. The van der Waals surface area contributed by atoms with E-state index in [1.807, 2.05) is 0 Å². The summed E-state index contributed by atoms with van der Waals surface area (Å²) in [6.07, 6.45) is -4.35. The van der Waals surface area contributed by atoms with Crippen molar-refractivity contribution in [1.29, 1.82) is 0 Å². The van der Waals surface area contributed by atoms with E-state index in [0.29, 0.717) is 4.90 Å². The van der Waals surface area contributed by atoms with Gasteiger partial charge < -0.3 is 10.0 Å². The Kier molecular flexibility index (Phi) is 4.66. The first-order valence-electron chi connectivity index (χ1n) is 5.05. The molecule has 0 bridgehead atoms. The van der Waals surface area contributed by atoms with Gasteiger partial charge in [-0.25, -0.2) is 4.39 Å². The highest BCUT2D eigenvalue weighted by Crippen LogP contribution is 2.25. The number of benzene rings is 1. The molecule has 3 nitrogen and oxygen atoms in total. The lowest BCUT2D eigenvalue weighted by Crippen LogP contribution is -2.37. The van der Waals surface area contributed by atoms with Crippen molar-refractivity contribution in [2.75, 3.05) is 24.6 Å². The van der Waals surface area contributed by atoms with Gasteiger partial charge in [-0.3, -0.25) is 4.79 Å². The van der Waals surface area contributed by atoms with Gasteiger partial charge in [-0.1, -0.05) is 6.07 Å². The fourth-order valence-corrected chi connectivity index (χ4v) is 1.54. The van der Waals surface area contributed by atoms with Gasteiger partial charge in [0.25, 0.3) is 0 Å². The molecule has 18 heavy (non-hydrogen) atoms. The molecule has 7 heteroatoms. The Balaban J connectivity index is 3.13. The van der Waals surface area contributed by atoms with Gasteiger partial charge in [0, 0.05) is 6.54 Å². The van der Waals surface area contributed by atoms with Gasteiger partial charge in [0.15, 0.2) is 6.29 Å². The lowest BCUT2D eigenvalue weighted by molar-refractivity contribution is -0.119. The molecule has 0 amide bonds. The average molecular weight is 265 g/mol. The molecule has 1 aromatic rings. The lowest BCUT2D eigenvalue weighted by Gasteiger charge is -2.26. The number of anilines is 1. The number of carbonyl (C=O) groups is 1. The van der Waals surface area contributed by atoms with Crippen molar-refractivity contribution >= 4 is 12.0 Å². The summed E-state index contributed by atoms with van der Waals surface area (Å²) in [4.78, 5) is 11.4. The van der Waals surface area contributed by atoms with Crippen molar-refractivity contribution < 1.29 is 27.5 Å². The highest BCUT2D eigenvalue weighted by atomic mass is 19.4. The van der Waals surface area contributed by atoms with Gasteiger partial charge in [0.05, 0.1) is 17.9 Å². The predicted molar refractivity (Wildman–Crippen MR) is 57.1 cm³/mol. The van der Waals surface area contributed by atoms with Crippen LogP contribution in [0, 0.1) is 5.82 Å². The summed E-state index contributed by atoms with van der Waals surface area (Å²) in [5, 5.41) is 8.74. The molecule has 0 saturated carbocycles. The lowest BCUT2D eigenvalue weighted by atomic mass is 10.1. The van der Waals surface area contributed by atoms with Gasteiger partial charge >= 0.3 is 6.18 Å². The van der Waals surface area contributed by atoms with Gasteiger partial charge in [-0.15, -0.1) is 0 Å². The number of halogens is 4. The average Bonchev–Trinajstić information content (AvgIpc) is 2.26. The number of aliphatic hydroxyl groups is 1. The number of nitrogens with zero attached hydrogens (tertiary/aromatic N) is 1. The fraction of sp³-hybridized carbons (Fsp3) is 0.364. The first-order valence-corrected chi connectivity index (χ1v) is 5.05. The van der Waals surface area contributed by atoms with Crippen LogP contribution in [0.15, 0.2) is 18.2 Å². The summed E-state index contributed by atoms with van der Waals surface area (Å²) in [6.45, 7) is -2.24. The third-order valence-corrected chi connectivity index (χ3v) is 2.23. The van der Waals surface area contributed by atoms with Gasteiger partial charge in [-0.05, 0) is 12.1 Å². The summed E-state index contributed by atoms with van der Waals surface area (Å²) < 4.78 is 50.3. The molecular weight excluding hydrogens is 254 g/mol. The van der Waals surface area contributed by atoms with E-state index in [9.17, 15) is 22.4 Å². The molecule has 0 aliphatic heterocycles. The molecule has 0 aliphatic carbocycles. The maximum atomic E-state index is 13.3. The Morgan fingerprint density at radius 3 is 2.50 bits per heavy atom. The Morgan fingerprint density at radius 1 is 1.33 bits per heavy atom. The number of hydrogen-bond acceptors (Lipinski definition) is 3. The second-order valence-corrected chi connectivity index (χ2v) is 3.55. The highest BCUT2D eigenvalue weighted by Gasteiger charge is 2.31. The molecule has 0 aliphatic rings. The van der Waals surface area contributed by atoms with Crippen molar-refractivity contribution in [1.82, 2.24) is 0 Å². The van der Waals surface area contributed by atoms with Crippen LogP contribution in [0.2, 0.25) is 0 Å². The number of alkyl halides is 3. The topological polar surface area (TPSA) is 40.5 Å². The van der Waals surface area contributed by atoms with Crippen LogP contribution >= 0.6 is 0 Å². The number of aldehydes is 1. The smallest absolute Gasteiger partial charge is 0.395 e. The molecule has 0 fully saturated rings. The van der Waals surface area contributed by atoms with Gasteiger partial charge in [0.1, 0.15) is 12.4 Å². The van der Waals surface area contributed by atoms with E-state index in [1.165, 1.54) is 12.1 Å². The largest absolute Gasteiger partial charge is 0.405 e. The fourth-order valence-electron chi connectivity index (χ4n) is 1.54. The van der Waals surface area contributed by atoms with Crippen LogP contribution in [0.4, 0.5) is 23.2 Å². The molecule has 0 unspecified atom stereocenters. The molecule has 0 atom stereocenters. The zero-order valence-corrected chi connectivity index (χ0v) is 9.25. The Hall–Kier alpha value is -1.63. The molecule has 0 radical (unpaired) electrons. The number of hydrogen-bond donors (Lipinski definition) is 1. The summed E-state index contributed by atoms with van der Waals surface area (Å²) in [5.74, 6) is -0.896. The molecule has 0 aromatic heterocycles. The quantitative estimate of drug-likeness (QED) is 0.654. The minimum absolute atomic E-state index is 0.158. The second-order valence-electron chi connectivity index (χ2n) is 3.55. The minimum Gasteiger partial charge on any atom is -0.395 e. The van der Waals surface area contributed by atoms with Crippen LogP contribution in [0.3, 0.4) is 0 Å². The van der Waals surface area contributed by atoms with E-state index in [2.05, 4.69) is 0 Å². The van der Waals surface area contributed by atoms with Crippen LogP contribution in [0.25, 0.3) is 0 Å². The SMILES string of the molecule is O=Cc1c(F)cccc1N(CCO)CC(F)(F)F. The van der Waals surface area contributed by atoms with E-state index < -0.39 is 30.7 Å². The first-order chi connectivity index (χ1) is 8.39. The molecular formula is C11H11F4NO2. The molecule has 1 rings (SSSR count). The van der Waals surface area contributed by atoms with Crippen LogP contribution < -0.4 is 4.90 Å². The zero-order valence-electron chi connectivity index (χ0n) is 9.25. The van der Waals surface area contributed by atoms with Crippen LogP contribution in [-0.2, 0) is 0 Å². The van der Waals surface area contributed by atoms with E-state index in [-0.39, 0.29) is 18.5 Å². The standard InChI is InChI=1S/C11H11F4NO2/c12-9-2-1-3-10(8(9)6-18)16(4-5-17)7-11(13,14)15/h1-3,6,17H,4-5,7H2. The van der Waals surface area contributed by atoms with E-state index >= 15 is 0 Å². The third kappa shape index (κ3) is 3.69. The normalized spacial score (nSPS) is 11.4. The van der Waals surface area contributed by atoms with Gasteiger partial charge in [0.2, 0.25) is 0 Å². The molecule has 0 saturated heterocycles. The number of rotatable bonds is 5. The molecule has 0 heterocycles. The summed E-state index contributed by atoms with van der Waals surface area (Å²) in [6, 6.07) is 3.39. The molecule has 100 valence electrons. The Morgan fingerprint density at radius 2 is 2.00 bits per heavy atom. The summed E-state index contributed by atoms with van der Waals surface area (Å²) in [7, 11) is 0. The predicted octanol–water partition coefficient (Wildman–Crippen LogP) is 2.00. The van der Waals surface area contributed by atoms with Crippen molar-refractivity contribution in [3.63, 3.8) is 0 Å². The summed E-state index contributed by atoms with van der Waals surface area (Å²) in [5.41, 5.74) is -0.633. The zero-order chi connectivity index (χ0) is 13.8. The number of aliphatic hydroxyl groups excluding tert-OH is 1. The molecule has 1 aromatic carbocycles. The van der Waals surface area contributed by atoms with Crippen LogP contribution in [0.5, 0.6) is 0 Å². The third-order valence-electron chi connectivity index (χ3n) is 2.23. The van der Waals surface area contributed by atoms with Crippen LogP contribution in [0.1, 0.15) is 10.4 Å². The van der Waals surface area contributed by atoms with Crippen molar-refractivity contribution in [3.05, 3.63) is 29.6 Å². The molecule has 1 N–H and O–H groups in total.